The normalized spacial score (nSPS) is 15.1. The zero-order valence-electron chi connectivity index (χ0n) is 16.4. The topological polar surface area (TPSA) is 92.8 Å². The van der Waals surface area contributed by atoms with Crippen molar-refractivity contribution < 1.29 is 22.7 Å². The van der Waals surface area contributed by atoms with Crippen molar-refractivity contribution in [2.24, 2.45) is 0 Å². The van der Waals surface area contributed by atoms with Gasteiger partial charge >= 0.3 is 5.97 Å². The van der Waals surface area contributed by atoms with Crippen LogP contribution < -0.4 is 5.32 Å². The Morgan fingerprint density at radius 1 is 1.17 bits per heavy atom. The average molecular weight is 455 g/mol. The molecule has 1 saturated heterocycles. The molecule has 10 heteroatoms. The van der Waals surface area contributed by atoms with E-state index in [1.807, 2.05) is 6.92 Å². The molecular formula is C19H22N2O5S3. The number of amides is 1. The number of thiophene rings is 1. The first-order valence-corrected chi connectivity index (χ1v) is 12.4. The number of esters is 1. The Labute approximate surface area is 178 Å². The smallest absolute Gasteiger partial charge is 0.338 e. The molecule has 1 aliphatic rings. The van der Waals surface area contributed by atoms with Crippen LogP contribution in [-0.4, -0.2) is 56.3 Å². The number of nitrogens with one attached hydrogen (secondary N) is 1. The molecule has 0 bridgehead atoms. The Kier molecular flexibility index (Phi) is 6.67. The third-order valence-corrected chi connectivity index (χ3v) is 8.68. The van der Waals surface area contributed by atoms with Gasteiger partial charge in [-0.3, -0.25) is 4.79 Å². The summed E-state index contributed by atoms with van der Waals surface area (Å²) < 4.78 is 32.2. The molecule has 0 spiro atoms. The maximum atomic E-state index is 13.0. The zero-order chi connectivity index (χ0) is 21.2. The minimum Gasteiger partial charge on any atom is -0.465 e. The largest absolute Gasteiger partial charge is 0.465 e. The number of rotatable bonds is 5. The van der Waals surface area contributed by atoms with Crippen LogP contribution in [0.25, 0.3) is 0 Å². The van der Waals surface area contributed by atoms with Crippen LogP contribution in [0.5, 0.6) is 0 Å². The molecule has 1 aromatic carbocycles. The molecule has 2 aromatic rings. The Bertz CT molecular complexity index is 1040. The van der Waals surface area contributed by atoms with Crippen molar-refractivity contribution in [3.63, 3.8) is 0 Å². The Balaban J connectivity index is 1.89. The minimum absolute atomic E-state index is 0.0175. The SMILES string of the molecule is COC(=O)c1cc(NC(=O)c2sccc2S(=O)(=O)N2CCSCC2)cc(C)c1C. The molecule has 156 valence electrons. The number of hydrogen-bond acceptors (Lipinski definition) is 7. The van der Waals surface area contributed by atoms with Crippen molar-refractivity contribution in [2.45, 2.75) is 18.7 Å². The van der Waals surface area contributed by atoms with E-state index in [0.29, 0.717) is 24.3 Å². The van der Waals surface area contributed by atoms with Gasteiger partial charge in [-0.15, -0.1) is 11.3 Å². The lowest BCUT2D eigenvalue weighted by atomic mass is 10.0. The number of benzene rings is 1. The standard InChI is InChI=1S/C19H22N2O5S3/c1-12-10-14(11-15(13(12)2)19(23)26-3)20-18(22)17-16(4-7-28-17)29(24,25)21-5-8-27-9-6-21/h4,7,10-11H,5-6,8-9H2,1-3H3,(H,20,22). The van der Waals surface area contributed by atoms with Gasteiger partial charge in [-0.1, -0.05) is 0 Å². The highest BCUT2D eigenvalue weighted by Gasteiger charge is 2.31. The number of methoxy groups -OCH3 is 1. The van der Waals surface area contributed by atoms with Crippen molar-refractivity contribution in [3.8, 4) is 0 Å². The van der Waals surface area contributed by atoms with Gasteiger partial charge in [0.15, 0.2) is 0 Å². The third kappa shape index (κ3) is 4.50. The molecule has 0 saturated carbocycles. The Hall–Kier alpha value is -1.88. The molecule has 1 aliphatic heterocycles. The molecular weight excluding hydrogens is 432 g/mol. The molecule has 1 aromatic heterocycles. The highest BCUT2D eigenvalue weighted by molar-refractivity contribution is 7.99. The van der Waals surface area contributed by atoms with Crippen molar-refractivity contribution >= 4 is 50.7 Å². The third-order valence-electron chi connectivity index (χ3n) is 4.75. The number of nitrogens with zero attached hydrogens (tertiary/aromatic N) is 1. The molecule has 1 amide bonds. The van der Waals surface area contributed by atoms with E-state index in [0.717, 1.165) is 34.0 Å². The number of hydrogen-bond donors (Lipinski definition) is 1. The van der Waals surface area contributed by atoms with E-state index in [9.17, 15) is 18.0 Å². The van der Waals surface area contributed by atoms with E-state index < -0.39 is 21.9 Å². The highest BCUT2D eigenvalue weighted by Crippen LogP contribution is 2.28. The van der Waals surface area contributed by atoms with Gasteiger partial charge in [0, 0.05) is 30.3 Å². The van der Waals surface area contributed by atoms with Crippen molar-refractivity contribution in [1.29, 1.82) is 0 Å². The van der Waals surface area contributed by atoms with Gasteiger partial charge in [-0.05, 0) is 48.6 Å². The summed E-state index contributed by atoms with van der Waals surface area (Å²) >= 11 is 2.79. The van der Waals surface area contributed by atoms with Gasteiger partial charge in [-0.2, -0.15) is 16.1 Å². The molecule has 0 radical (unpaired) electrons. The van der Waals surface area contributed by atoms with Crippen LogP contribution in [0.1, 0.15) is 31.2 Å². The second kappa shape index (κ2) is 8.86. The van der Waals surface area contributed by atoms with Crippen LogP contribution in [0.15, 0.2) is 28.5 Å². The summed E-state index contributed by atoms with van der Waals surface area (Å²) in [6.07, 6.45) is 0. The predicted octanol–water partition coefficient (Wildman–Crippen LogP) is 3.14. The van der Waals surface area contributed by atoms with E-state index in [1.54, 1.807) is 30.1 Å². The van der Waals surface area contributed by atoms with Gasteiger partial charge in [0.05, 0.1) is 12.7 Å². The molecule has 1 N–H and O–H groups in total. The highest BCUT2D eigenvalue weighted by atomic mass is 32.2. The van der Waals surface area contributed by atoms with Crippen LogP contribution in [0, 0.1) is 13.8 Å². The molecule has 3 rings (SSSR count). The number of carbonyl (C=O) groups is 2. The van der Waals surface area contributed by atoms with Gasteiger partial charge in [0.2, 0.25) is 10.0 Å². The fourth-order valence-corrected chi connectivity index (χ4v) is 6.91. The molecule has 0 aliphatic carbocycles. The van der Waals surface area contributed by atoms with Crippen LogP contribution in [-0.2, 0) is 14.8 Å². The van der Waals surface area contributed by atoms with Crippen molar-refractivity contribution in [1.82, 2.24) is 4.31 Å². The lowest BCUT2D eigenvalue weighted by Crippen LogP contribution is -2.38. The van der Waals surface area contributed by atoms with Gasteiger partial charge < -0.3 is 10.1 Å². The van der Waals surface area contributed by atoms with E-state index in [1.165, 1.54) is 23.5 Å². The number of anilines is 1. The van der Waals surface area contributed by atoms with Crippen molar-refractivity contribution in [2.75, 3.05) is 37.0 Å². The summed E-state index contributed by atoms with van der Waals surface area (Å²) in [4.78, 5) is 25.0. The summed E-state index contributed by atoms with van der Waals surface area (Å²) in [6, 6.07) is 4.75. The van der Waals surface area contributed by atoms with Crippen LogP contribution in [0.3, 0.4) is 0 Å². The zero-order valence-corrected chi connectivity index (χ0v) is 18.8. The number of thioether (sulfide) groups is 1. The molecule has 0 atom stereocenters. The maximum Gasteiger partial charge on any atom is 0.338 e. The molecule has 2 heterocycles. The second-order valence-corrected chi connectivity index (χ2v) is 10.6. The Morgan fingerprint density at radius 2 is 1.86 bits per heavy atom. The maximum absolute atomic E-state index is 13.0. The van der Waals surface area contributed by atoms with E-state index in [2.05, 4.69) is 5.32 Å². The monoisotopic (exact) mass is 454 g/mol. The summed E-state index contributed by atoms with van der Waals surface area (Å²) in [5.74, 6) is 0.460. The molecule has 7 nitrogen and oxygen atoms in total. The molecule has 0 unspecified atom stereocenters. The number of carbonyl (C=O) groups excluding carboxylic acids is 2. The van der Waals surface area contributed by atoms with E-state index in [4.69, 9.17) is 4.74 Å². The first-order valence-electron chi connectivity index (χ1n) is 8.92. The number of sulfonamides is 1. The van der Waals surface area contributed by atoms with E-state index >= 15 is 0 Å². The molecule has 29 heavy (non-hydrogen) atoms. The summed E-state index contributed by atoms with van der Waals surface area (Å²) in [7, 11) is -2.44. The second-order valence-electron chi connectivity index (χ2n) is 6.54. The van der Waals surface area contributed by atoms with Gasteiger partial charge in [0.25, 0.3) is 5.91 Å². The lowest BCUT2D eigenvalue weighted by Gasteiger charge is -2.25. The Morgan fingerprint density at radius 3 is 2.52 bits per heavy atom. The van der Waals surface area contributed by atoms with E-state index in [-0.39, 0.29) is 9.77 Å². The molecule has 1 fully saturated rings. The first-order chi connectivity index (χ1) is 13.8. The lowest BCUT2D eigenvalue weighted by molar-refractivity contribution is 0.0599. The summed E-state index contributed by atoms with van der Waals surface area (Å²) in [5, 5.41) is 4.32. The predicted molar refractivity (Wildman–Crippen MR) is 116 cm³/mol. The van der Waals surface area contributed by atoms with Crippen LogP contribution in [0.2, 0.25) is 0 Å². The fourth-order valence-electron chi connectivity index (χ4n) is 3.03. The minimum atomic E-state index is -3.73. The van der Waals surface area contributed by atoms with Crippen LogP contribution in [0.4, 0.5) is 5.69 Å². The summed E-state index contributed by atoms with van der Waals surface area (Å²) in [5.41, 5.74) is 2.34. The fraction of sp³-hybridized carbons (Fsp3) is 0.368. The van der Waals surface area contributed by atoms with Gasteiger partial charge in [0.1, 0.15) is 9.77 Å². The van der Waals surface area contributed by atoms with Crippen molar-refractivity contribution in [3.05, 3.63) is 45.1 Å². The van der Waals surface area contributed by atoms with Crippen LogP contribution >= 0.6 is 23.1 Å². The first kappa shape index (κ1) is 21.8. The summed E-state index contributed by atoms with van der Waals surface area (Å²) in [6.45, 7) is 4.49. The number of aryl methyl sites for hydroxylation is 1. The quantitative estimate of drug-likeness (QED) is 0.698. The number of ether oxygens (including phenoxy) is 1. The average Bonchev–Trinajstić information content (AvgIpc) is 3.21. The van der Waals surface area contributed by atoms with Gasteiger partial charge in [-0.25, -0.2) is 13.2 Å².